The average molecular weight is 481 g/mol. The first-order valence-electron chi connectivity index (χ1n) is 13.1. The van der Waals surface area contributed by atoms with Crippen molar-refractivity contribution in [2.75, 3.05) is 59.4 Å². The van der Waals surface area contributed by atoms with Crippen molar-refractivity contribution in [3.05, 3.63) is 29.8 Å². The predicted molar refractivity (Wildman–Crippen MR) is 139 cm³/mol. The van der Waals surface area contributed by atoms with Gasteiger partial charge in [-0.3, -0.25) is 0 Å². The summed E-state index contributed by atoms with van der Waals surface area (Å²) in [6.45, 7) is 14.2. The van der Waals surface area contributed by atoms with Crippen molar-refractivity contribution in [1.29, 1.82) is 0 Å². The number of sulfonamides is 1. The van der Waals surface area contributed by atoms with Gasteiger partial charge in [-0.1, -0.05) is 57.2 Å². The van der Waals surface area contributed by atoms with E-state index in [1.807, 2.05) is 19.1 Å². The van der Waals surface area contributed by atoms with Gasteiger partial charge < -0.3 is 15.1 Å². The molecule has 0 bridgehead atoms. The van der Waals surface area contributed by atoms with E-state index in [4.69, 9.17) is 0 Å². The van der Waals surface area contributed by atoms with Gasteiger partial charge in [0.25, 0.3) is 0 Å². The second-order valence-electron chi connectivity index (χ2n) is 9.62. The third-order valence-corrected chi connectivity index (χ3v) is 8.72. The molecule has 0 radical (unpaired) electrons. The highest BCUT2D eigenvalue weighted by Gasteiger charge is 2.32. The quantitative estimate of drug-likeness (QED) is 0.514. The van der Waals surface area contributed by atoms with Crippen LogP contribution < -0.4 is 5.32 Å². The number of hydrogen-bond acceptors (Lipinski definition) is 5. The van der Waals surface area contributed by atoms with E-state index < -0.39 is 10.0 Å². The average Bonchev–Trinajstić information content (AvgIpc) is 2.83. The van der Waals surface area contributed by atoms with Crippen LogP contribution >= 0.6 is 0 Å². The smallest absolute Gasteiger partial charge is 0.243 e. The van der Waals surface area contributed by atoms with Gasteiger partial charge in [-0.05, 0) is 65.0 Å². The van der Waals surface area contributed by atoms with Crippen LogP contribution in [0.5, 0.6) is 0 Å². The van der Waals surface area contributed by atoms with Gasteiger partial charge >= 0.3 is 0 Å². The molecule has 0 amide bonds. The van der Waals surface area contributed by atoms with Crippen LogP contribution in [0.15, 0.2) is 29.2 Å². The van der Waals surface area contributed by atoms with Crippen LogP contribution in [0.1, 0.15) is 64.4 Å². The highest BCUT2D eigenvalue weighted by Crippen LogP contribution is 2.23. The first-order chi connectivity index (χ1) is 15.9. The monoisotopic (exact) mass is 480 g/mol. The van der Waals surface area contributed by atoms with E-state index in [-0.39, 0.29) is 6.04 Å². The summed E-state index contributed by atoms with van der Waals surface area (Å²) in [6, 6.07) is 7.37. The molecule has 190 valence electrons. The number of benzene rings is 1. The predicted octanol–water partition coefficient (Wildman–Crippen LogP) is 3.96. The SMILES string of the molecule is CCCCCC.Cc1ccc(S(=O)(=O)N(CCCN2CCN(C)CC2)C2CCNCC2)cc1. The molecule has 7 heteroatoms. The fraction of sp³-hybridized carbons (Fsp3) is 0.769. The molecule has 0 saturated carbocycles. The van der Waals surface area contributed by atoms with Gasteiger partial charge in [-0.15, -0.1) is 0 Å². The fourth-order valence-electron chi connectivity index (χ4n) is 4.46. The third kappa shape index (κ3) is 9.65. The minimum absolute atomic E-state index is 0.102. The molecule has 0 aromatic heterocycles. The molecule has 2 saturated heterocycles. The molecule has 0 spiro atoms. The summed E-state index contributed by atoms with van der Waals surface area (Å²) in [4.78, 5) is 5.23. The van der Waals surface area contributed by atoms with E-state index in [2.05, 4.69) is 36.0 Å². The topological polar surface area (TPSA) is 55.9 Å². The van der Waals surface area contributed by atoms with Crippen molar-refractivity contribution in [3.8, 4) is 0 Å². The summed E-state index contributed by atoms with van der Waals surface area (Å²) in [5.41, 5.74) is 1.08. The Morgan fingerprint density at radius 3 is 2.06 bits per heavy atom. The molecule has 6 nitrogen and oxygen atoms in total. The van der Waals surface area contributed by atoms with E-state index in [1.54, 1.807) is 16.4 Å². The number of likely N-dealkylation sites (N-methyl/N-ethyl adjacent to an activating group) is 1. The fourth-order valence-corrected chi connectivity index (χ4v) is 6.18. The Morgan fingerprint density at radius 1 is 0.939 bits per heavy atom. The molecule has 2 heterocycles. The Kier molecular flexibility index (Phi) is 12.9. The molecule has 3 rings (SSSR count). The molecule has 0 aliphatic carbocycles. The van der Waals surface area contributed by atoms with Crippen LogP contribution in [-0.2, 0) is 10.0 Å². The first-order valence-corrected chi connectivity index (χ1v) is 14.5. The van der Waals surface area contributed by atoms with Crippen molar-refractivity contribution in [2.45, 2.75) is 76.7 Å². The van der Waals surface area contributed by atoms with Gasteiger partial charge in [0.2, 0.25) is 10.0 Å². The van der Waals surface area contributed by atoms with Gasteiger partial charge in [-0.2, -0.15) is 4.31 Å². The number of piperazine rings is 1. The molecule has 1 N–H and O–H groups in total. The number of piperidine rings is 1. The standard InChI is InChI=1S/C20H34N4O2S.C6H14/c1-18-4-6-20(7-5-18)27(25,26)24(19-8-10-21-11-9-19)13-3-12-23-16-14-22(2)15-17-23;1-3-5-6-4-2/h4-7,19,21H,3,8-17H2,1-2H3;3-6H2,1-2H3. The zero-order valence-corrected chi connectivity index (χ0v) is 22.4. The molecule has 33 heavy (non-hydrogen) atoms. The molecule has 1 aromatic carbocycles. The maximum atomic E-state index is 13.4. The van der Waals surface area contributed by atoms with Gasteiger partial charge in [0.05, 0.1) is 4.90 Å². The molecule has 0 unspecified atom stereocenters. The highest BCUT2D eigenvalue weighted by atomic mass is 32.2. The van der Waals surface area contributed by atoms with Gasteiger partial charge in [0.15, 0.2) is 0 Å². The van der Waals surface area contributed by atoms with E-state index in [0.717, 1.165) is 70.6 Å². The third-order valence-electron chi connectivity index (χ3n) is 6.75. The molecule has 0 atom stereocenters. The largest absolute Gasteiger partial charge is 0.317 e. The summed E-state index contributed by atoms with van der Waals surface area (Å²) >= 11 is 0. The van der Waals surface area contributed by atoms with Crippen molar-refractivity contribution in [3.63, 3.8) is 0 Å². The lowest BCUT2D eigenvalue weighted by Gasteiger charge is -2.35. The lowest BCUT2D eigenvalue weighted by molar-refractivity contribution is 0.147. The van der Waals surface area contributed by atoms with Crippen LogP contribution in [-0.4, -0.2) is 88.0 Å². The molecule has 1 aromatic rings. The van der Waals surface area contributed by atoms with Crippen LogP contribution in [0.2, 0.25) is 0 Å². The number of unbranched alkanes of at least 4 members (excludes halogenated alkanes) is 3. The second-order valence-corrected chi connectivity index (χ2v) is 11.5. The number of hydrogen-bond donors (Lipinski definition) is 1. The Hall–Kier alpha value is -0.990. The van der Waals surface area contributed by atoms with Crippen LogP contribution in [0.25, 0.3) is 0 Å². The highest BCUT2D eigenvalue weighted by molar-refractivity contribution is 7.89. The lowest BCUT2D eigenvalue weighted by Crippen LogP contribution is -2.48. The number of rotatable bonds is 10. The Labute approximate surface area is 203 Å². The van der Waals surface area contributed by atoms with Gasteiger partial charge in [0.1, 0.15) is 0 Å². The van der Waals surface area contributed by atoms with Gasteiger partial charge in [0, 0.05) is 38.8 Å². The van der Waals surface area contributed by atoms with Crippen LogP contribution in [0.4, 0.5) is 0 Å². The second kappa shape index (κ2) is 15.1. The van der Waals surface area contributed by atoms with Crippen molar-refractivity contribution >= 4 is 10.0 Å². The lowest BCUT2D eigenvalue weighted by atomic mass is 10.1. The van der Waals surface area contributed by atoms with E-state index in [9.17, 15) is 8.42 Å². The van der Waals surface area contributed by atoms with Crippen molar-refractivity contribution in [2.24, 2.45) is 0 Å². The Bertz CT molecular complexity index is 736. The van der Waals surface area contributed by atoms with E-state index in [1.165, 1.54) is 25.7 Å². The van der Waals surface area contributed by atoms with Gasteiger partial charge in [-0.25, -0.2) is 8.42 Å². The molecule has 2 fully saturated rings. The minimum Gasteiger partial charge on any atom is -0.317 e. The summed E-state index contributed by atoms with van der Waals surface area (Å²) in [5.74, 6) is 0. The Morgan fingerprint density at radius 2 is 1.52 bits per heavy atom. The number of aryl methyl sites for hydroxylation is 1. The maximum Gasteiger partial charge on any atom is 0.243 e. The summed E-state index contributed by atoms with van der Waals surface area (Å²) in [6.07, 6.45) is 8.20. The molecule has 2 aliphatic rings. The number of nitrogens with one attached hydrogen (secondary N) is 1. The van der Waals surface area contributed by atoms with Crippen LogP contribution in [0, 0.1) is 6.92 Å². The van der Waals surface area contributed by atoms with Crippen LogP contribution in [0.3, 0.4) is 0 Å². The minimum atomic E-state index is -3.45. The first kappa shape index (κ1) is 28.2. The van der Waals surface area contributed by atoms with Crippen molar-refractivity contribution < 1.29 is 8.42 Å². The summed E-state index contributed by atoms with van der Waals surface area (Å²) in [7, 11) is -1.29. The molecular formula is C26H48N4O2S. The molecule has 2 aliphatic heterocycles. The normalized spacial score (nSPS) is 18.8. The zero-order chi connectivity index (χ0) is 24.1. The Balaban J connectivity index is 0.000000569. The summed E-state index contributed by atoms with van der Waals surface area (Å²) < 4.78 is 28.5. The molecular weight excluding hydrogens is 432 g/mol. The summed E-state index contributed by atoms with van der Waals surface area (Å²) in [5, 5.41) is 3.35. The van der Waals surface area contributed by atoms with E-state index in [0.29, 0.717) is 11.4 Å². The van der Waals surface area contributed by atoms with Crippen molar-refractivity contribution in [1.82, 2.24) is 19.4 Å². The van der Waals surface area contributed by atoms with E-state index >= 15 is 0 Å². The number of nitrogens with zero attached hydrogens (tertiary/aromatic N) is 3. The zero-order valence-electron chi connectivity index (χ0n) is 21.6. The maximum absolute atomic E-state index is 13.4.